The van der Waals surface area contributed by atoms with Crippen LogP contribution in [0.25, 0.3) is 0 Å². The highest BCUT2D eigenvalue weighted by molar-refractivity contribution is 7.09. The molecule has 0 aliphatic rings. The second-order valence-electron chi connectivity index (χ2n) is 9.50. The minimum absolute atomic E-state index is 0.119. The van der Waals surface area contributed by atoms with Crippen molar-refractivity contribution in [2.75, 3.05) is 45.8 Å². The van der Waals surface area contributed by atoms with E-state index in [0.29, 0.717) is 43.3 Å². The molecule has 194 valence electrons. The van der Waals surface area contributed by atoms with Crippen LogP contribution in [-0.4, -0.2) is 61.1 Å². The summed E-state index contributed by atoms with van der Waals surface area (Å²) < 4.78 is 15.3. The second-order valence-corrected chi connectivity index (χ2v) is 10.2. The Balaban J connectivity index is 1.55. The van der Waals surface area contributed by atoms with E-state index >= 15 is 0 Å². The summed E-state index contributed by atoms with van der Waals surface area (Å²) in [5, 5.41) is 0.881. The number of likely N-dealkylation sites (N-methyl/N-ethyl adjacent to an activating group) is 1. The molecule has 0 bridgehead atoms. The van der Waals surface area contributed by atoms with Crippen LogP contribution < -0.4 is 14.4 Å². The molecule has 1 heterocycles. The molecule has 3 aromatic rings. The number of carbonyl (C=O) groups excluding carboxylic acids is 1. The van der Waals surface area contributed by atoms with Crippen LogP contribution in [0.5, 0.6) is 11.5 Å². The van der Waals surface area contributed by atoms with Gasteiger partial charge in [0.1, 0.15) is 5.82 Å². The van der Waals surface area contributed by atoms with Gasteiger partial charge < -0.3 is 19.3 Å². The molecule has 0 saturated carbocycles. The maximum atomic E-state index is 12.9. The molecule has 0 saturated heterocycles. The molecule has 0 aliphatic carbocycles. The van der Waals surface area contributed by atoms with Crippen molar-refractivity contribution in [1.82, 2.24) is 14.3 Å². The Hall–Kier alpha value is -3.13. The zero-order valence-corrected chi connectivity index (χ0v) is 23.1. The summed E-state index contributed by atoms with van der Waals surface area (Å²) in [5.41, 5.74) is 3.54. The first kappa shape index (κ1) is 27.5. The number of methoxy groups -OCH3 is 2. The van der Waals surface area contributed by atoms with Crippen molar-refractivity contribution in [3.05, 3.63) is 65.0 Å². The topological polar surface area (TPSA) is 67.8 Å². The fraction of sp³-hybridized carbons (Fsp3) is 0.464. The third kappa shape index (κ3) is 7.95. The number of carbonyl (C=O) groups is 1. The number of nitrogens with zero attached hydrogens (tertiary/aromatic N) is 4. The summed E-state index contributed by atoms with van der Waals surface area (Å²) in [5.74, 6) is 2.80. The van der Waals surface area contributed by atoms with Gasteiger partial charge in [-0.2, -0.15) is 4.37 Å². The van der Waals surface area contributed by atoms with Gasteiger partial charge in [-0.05, 0) is 42.5 Å². The minimum atomic E-state index is 0.119. The standard InChI is InChI=1S/C28H38N4O3S/c1-20(2)19-32(28-29-26(30-36-28)18-22-9-7-21(3)8-10-22)16-14-27(33)31(4)15-13-23-11-12-24(34-5)25(17-23)35-6/h7-12,17,20H,13-16,18-19H2,1-6H3. The lowest BCUT2D eigenvalue weighted by Gasteiger charge is -2.25. The van der Waals surface area contributed by atoms with Crippen LogP contribution in [0.4, 0.5) is 5.13 Å². The summed E-state index contributed by atoms with van der Waals surface area (Å²) in [6.45, 7) is 8.54. The van der Waals surface area contributed by atoms with Crippen LogP contribution in [0.2, 0.25) is 0 Å². The number of anilines is 1. The van der Waals surface area contributed by atoms with Gasteiger partial charge in [0.25, 0.3) is 0 Å². The number of amides is 1. The Kier molecular flexibility index (Phi) is 10.1. The van der Waals surface area contributed by atoms with Crippen molar-refractivity contribution in [1.29, 1.82) is 0 Å². The molecule has 0 N–H and O–H groups in total. The van der Waals surface area contributed by atoms with Crippen molar-refractivity contribution < 1.29 is 14.3 Å². The quantitative estimate of drug-likeness (QED) is 0.322. The van der Waals surface area contributed by atoms with Crippen molar-refractivity contribution >= 4 is 22.6 Å². The lowest BCUT2D eigenvalue weighted by molar-refractivity contribution is -0.129. The maximum absolute atomic E-state index is 12.9. The molecule has 0 atom stereocenters. The first-order chi connectivity index (χ1) is 17.3. The Labute approximate surface area is 219 Å². The third-order valence-corrected chi connectivity index (χ3v) is 6.82. The molecule has 8 heteroatoms. The van der Waals surface area contributed by atoms with Crippen molar-refractivity contribution in [3.8, 4) is 11.5 Å². The summed E-state index contributed by atoms with van der Waals surface area (Å²) in [6.07, 6.45) is 1.89. The lowest BCUT2D eigenvalue weighted by Crippen LogP contribution is -2.35. The van der Waals surface area contributed by atoms with Gasteiger partial charge in [-0.25, -0.2) is 4.98 Å². The number of benzene rings is 2. The predicted molar refractivity (Wildman–Crippen MR) is 146 cm³/mol. The molecular formula is C28H38N4O3S. The average molecular weight is 511 g/mol. The van der Waals surface area contributed by atoms with Gasteiger partial charge in [-0.15, -0.1) is 0 Å². The van der Waals surface area contributed by atoms with Crippen molar-refractivity contribution in [3.63, 3.8) is 0 Å². The van der Waals surface area contributed by atoms with Gasteiger partial charge >= 0.3 is 0 Å². The SMILES string of the molecule is COc1ccc(CCN(C)C(=O)CCN(CC(C)C)c2nc(Cc3ccc(C)cc3)ns2)cc1OC. The van der Waals surface area contributed by atoms with Crippen LogP contribution in [-0.2, 0) is 17.6 Å². The number of aromatic nitrogens is 2. The molecule has 36 heavy (non-hydrogen) atoms. The van der Waals surface area contributed by atoms with Crippen molar-refractivity contribution in [2.45, 2.75) is 40.0 Å². The van der Waals surface area contributed by atoms with E-state index in [4.69, 9.17) is 14.5 Å². The smallest absolute Gasteiger partial charge is 0.224 e. The molecular weight excluding hydrogens is 472 g/mol. The third-order valence-electron chi connectivity index (χ3n) is 6.00. The minimum Gasteiger partial charge on any atom is -0.493 e. The van der Waals surface area contributed by atoms with Crippen LogP contribution in [0.3, 0.4) is 0 Å². The van der Waals surface area contributed by atoms with E-state index in [1.54, 1.807) is 19.1 Å². The largest absolute Gasteiger partial charge is 0.493 e. The number of ether oxygens (including phenoxy) is 2. The van der Waals surface area contributed by atoms with E-state index in [9.17, 15) is 4.79 Å². The zero-order chi connectivity index (χ0) is 26.1. The monoisotopic (exact) mass is 510 g/mol. The molecule has 0 spiro atoms. The van der Waals surface area contributed by atoms with Gasteiger partial charge in [0.2, 0.25) is 11.0 Å². The number of rotatable bonds is 13. The Bertz CT molecular complexity index is 1110. The summed E-state index contributed by atoms with van der Waals surface area (Å²) in [4.78, 5) is 21.7. The Morgan fingerprint density at radius 1 is 1.00 bits per heavy atom. The fourth-order valence-electron chi connectivity index (χ4n) is 3.92. The van der Waals surface area contributed by atoms with E-state index in [2.05, 4.69) is 54.3 Å². The van der Waals surface area contributed by atoms with Gasteiger partial charge in [0.05, 0.1) is 14.2 Å². The molecule has 7 nitrogen and oxygen atoms in total. The number of hydrogen-bond acceptors (Lipinski definition) is 7. The molecule has 0 fully saturated rings. The van der Waals surface area contributed by atoms with E-state index in [1.165, 1.54) is 22.7 Å². The lowest BCUT2D eigenvalue weighted by atomic mass is 10.1. The van der Waals surface area contributed by atoms with E-state index in [-0.39, 0.29) is 5.91 Å². The number of aryl methyl sites for hydroxylation is 1. The zero-order valence-electron chi connectivity index (χ0n) is 22.3. The van der Waals surface area contributed by atoms with Crippen molar-refractivity contribution in [2.24, 2.45) is 5.92 Å². The average Bonchev–Trinajstić information content (AvgIpc) is 3.34. The van der Waals surface area contributed by atoms with E-state index < -0.39 is 0 Å². The second kappa shape index (κ2) is 13.3. The Morgan fingerprint density at radius 2 is 1.69 bits per heavy atom. The summed E-state index contributed by atoms with van der Waals surface area (Å²) in [7, 11) is 5.11. The molecule has 2 aromatic carbocycles. The molecule has 1 aromatic heterocycles. The molecule has 0 unspecified atom stereocenters. The Morgan fingerprint density at radius 3 is 2.36 bits per heavy atom. The normalized spacial score (nSPS) is 11.0. The van der Waals surface area contributed by atoms with Crippen LogP contribution >= 0.6 is 11.5 Å². The molecule has 0 radical (unpaired) electrons. The van der Waals surface area contributed by atoms with Gasteiger partial charge in [-0.1, -0.05) is 49.7 Å². The molecule has 3 rings (SSSR count). The fourth-order valence-corrected chi connectivity index (χ4v) is 4.64. The predicted octanol–water partition coefficient (Wildman–Crippen LogP) is 5.01. The highest BCUT2D eigenvalue weighted by atomic mass is 32.1. The van der Waals surface area contributed by atoms with Gasteiger partial charge in [-0.3, -0.25) is 4.79 Å². The van der Waals surface area contributed by atoms with E-state index in [1.807, 2.05) is 25.2 Å². The summed E-state index contributed by atoms with van der Waals surface area (Å²) in [6, 6.07) is 14.3. The maximum Gasteiger partial charge on any atom is 0.224 e. The first-order valence-electron chi connectivity index (χ1n) is 12.4. The molecule has 0 aliphatic heterocycles. The van der Waals surface area contributed by atoms with Gasteiger partial charge in [0, 0.05) is 51.1 Å². The van der Waals surface area contributed by atoms with Crippen LogP contribution in [0.15, 0.2) is 42.5 Å². The highest BCUT2D eigenvalue weighted by Crippen LogP contribution is 2.27. The number of hydrogen-bond donors (Lipinski definition) is 0. The van der Waals surface area contributed by atoms with E-state index in [0.717, 1.165) is 29.5 Å². The van der Waals surface area contributed by atoms with Crippen LogP contribution in [0, 0.1) is 12.8 Å². The molecule has 1 amide bonds. The van der Waals surface area contributed by atoms with Crippen LogP contribution in [0.1, 0.15) is 42.8 Å². The first-order valence-corrected chi connectivity index (χ1v) is 13.1. The summed E-state index contributed by atoms with van der Waals surface area (Å²) >= 11 is 1.41. The highest BCUT2D eigenvalue weighted by Gasteiger charge is 2.18. The van der Waals surface area contributed by atoms with Gasteiger partial charge in [0.15, 0.2) is 11.5 Å².